The van der Waals surface area contributed by atoms with Crippen molar-refractivity contribution < 1.29 is 4.79 Å². The molecule has 0 aliphatic carbocycles. The molecule has 138 valence electrons. The molecule has 0 aliphatic heterocycles. The molecule has 0 spiro atoms. The zero-order chi connectivity index (χ0) is 17.2. The number of nitrogens with one attached hydrogen (secondary N) is 1. The summed E-state index contributed by atoms with van der Waals surface area (Å²) < 4.78 is 1.79. The molecule has 4 aromatic rings. The second-order valence-electron chi connectivity index (χ2n) is 5.43. The van der Waals surface area contributed by atoms with E-state index >= 15 is 0 Å². The van der Waals surface area contributed by atoms with Crippen molar-refractivity contribution in [1.29, 1.82) is 0 Å². The van der Waals surface area contributed by atoms with Crippen LogP contribution in [0.3, 0.4) is 0 Å². The lowest BCUT2D eigenvalue weighted by atomic mass is 10.2. The fraction of sp³-hybridized carbons (Fsp3) is 0. The molecule has 0 atom stereocenters. The summed E-state index contributed by atoms with van der Waals surface area (Å²) in [5.41, 5.74) is 8.35. The number of halogens is 2. The largest absolute Gasteiger partial charge is 0.384 e. The molecule has 7 nitrogen and oxygen atoms in total. The molecule has 0 saturated heterocycles. The first kappa shape index (κ1) is 20.2. The van der Waals surface area contributed by atoms with Crippen LogP contribution in [0.5, 0.6) is 0 Å². The fourth-order valence-corrected chi connectivity index (χ4v) is 2.48. The Kier molecular flexibility index (Phi) is 6.33. The third kappa shape index (κ3) is 4.33. The summed E-state index contributed by atoms with van der Waals surface area (Å²) in [4.78, 5) is 25.0. The molecule has 0 unspecified atom stereocenters. The number of fused-ring (bicyclic) bond motifs is 1. The average Bonchev–Trinajstić information content (AvgIpc) is 3.06. The molecule has 0 aliphatic rings. The molecule has 0 fully saturated rings. The summed E-state index contributed by atoms with van der Waals surface area (Å²) in [6, 6.07) is 14.5. The predicted octanol–water partition coefficient (Wildman–Crippen LogP) is 3.47. The lowest BCUT2D eigenvalue weighted by Crippen LogP contribution is -2.13. The minimum Gasteiger partial charge on any atom is -0.384 e. The normalized spacial score (nSPS) is 9.93. The minimum atomic E-state index is -0.314. The number of rotatable bonds is 3. The number of anilines is 2. The van der Waals surface area contributed by atoms with E-state index in [0.29, 0.717) is 23.0 Å². The molecular weight excluding hydrogens is 387 g/mol. The highest BCUT2D eigenvalue weighted by Crippen LogP contribution is 2.19. The second-order valence-corrected chi connectivity index (χ2v) is 5.43. The minimum absolute atomic E-state index is 0. The Morgan fingerprint density at radius 1 is 0.963 bits per heavy atom. The van der Waals surface area contributed by atoms with Crippen molar-refractivity contribution in [2.75, 3.05) is 11.1 Å². The first-order chi connectivity index (χ1) is 12.2. The molecule has 4 rings (SSSR count). The van der Waals surface area contributed by atoms with Crippen molar-refractivity contribution in [3.05, 3.63) is 72.8 Å². The van der Waals surface area contributed by atoms with Crippen molar-refractivity contribution in [2.45, 2.75) is 0 Å². The molecular formula is C18H16Cl2N6O. The van der Waals surface area contributed by atoms with Crippen LogP contribution in [0.25, 0.3) is 16.9 Å². The highest BCUT2D eigenvalue weighted by atomic mass is 35.5. The molecule has 0 bridgehead atoms. The van der Waals surface area contributed by atoms with Crippen molar-refractivity contribution in [3.63, 3.8) is 0 Å². The number of aromatic nitrogens is 4. The van der Waals surface area contributed by atoms with Gasteiger partial charge < -0.3 is 15.5 Å². The Morgan fingerprint density at radius 3 is 2.56 bits per heavy atom. The van der Waals surface area contributed by atoms with Crippen molar-refractivity contribution in [2.24, 2.45) is 0 Å². The first-order valence-electron chi connectivity index (χ1n) is 7.63. The van der Waals surface area contributed by atoms with Crippen LogP contribution in [0.15, 0.2) is 67.1 Å². The first-order valence-corrected chi connectivity index (χ1v) is 7.63. The standard InChI is InChI=1S/C18H14N6O.2ClH/c19-15-5-3-4-13(21-15)12-7-8-17-22-14(11-24(17)10-12)18(25)23-16-6-1-2-9-20-16;;/h1-11H,(H2,19,21)(H,20,23,25);2*1H. The van der Waals surface area contributed by atoms with Gasteiger partial charge >= 0.3 is 0 Å². The Hall–Kier alpha value is -3.16. The van der Waals surface area contributed by atoms with E-state index in [1.54, 1.807) is 41.1 Å². The molecule has 4 heterocycles. The lowest BCUT2D eigenvalue weighted by Gasteiger charge is -2.02. The van der Waals surface area contributed by atoms with Gasteiger partial charge in [0.1, 0.15) is 23.0 Å². The number of carbonyl (C=O) groups is 1. The maximum atomic E-state index is 12.3. The topological polar surface area (TPSA) is 98.2 Å². The van der Waals surface area contributed by atoms with Gasteiger partial charge in [-0.2, -0.15) is 0 Å². The highest BCUT2D eigenvalue weighted by molar-refractivity contribution is 6.02. The van der Waals surface area contributed by atoms with Gasteiger partial charge in [-0.25, -0.2) is 15.0 Å². The van der Waals surface area contributed by atoms with Crippen LogP contribution < -0.4 is 11.1 Å². The van der Waals surface area contributed by atoms with Gasteiger partial charge in [0.2, 0.25) is 0 Å². The van der Waals surface area contributed by atoms with Crippen molar-refractivity contribution in [3.8, 4) is 11.3 Å². The van der Waals surface area contributed by atoms with E-state index in [4.69, 9.17) is 5.73 Å². The Balaban J connectivity index is 0.00000131. The van der Waals surface area contributed by atoms with Crippen molar-refractivity contribution >= 4 is 48.0 Å². The summed E-state index contributed by atoms with van der Waals surface area (Å²) in [6.45, 7) is 0. The van der Waals surface area contributed by atoms with Gasteiger partial charge in [-0.1, -0.05) is 12.1 Å². The van der Waals surface area contributed by atoms with Gasteiger partial charge in [0.15, 0.2) is 0 Å². The summed E-state index contributed by atoms with van der Waals surface area (Å²) in [7, 11) is 0. The molecule has 0 saturated carbocycles. The van der Waals surface area contributed by atoms with Crippen LogP contribution in [-0.2, 0) is 0 Å². The molecule has 4 aromatic heterocycles. The zero-order valence-electron chi connectivity index (χ0n) is 13.9. The van der Waals surface area contributed by atoms with E-state index < -0.39 is 0 Å². The smallest absolute Gasteiger partial charge is 0.277 e. The van der Waals surface area contributed by atoms with Gasteiger partial charge in [-0.15, -0.1) is 24.8 Å². The number of pyridine rings is 3. The SMILES string of the molecule is Cl.Cl.Nc1cccc(-c2ccc3nc(C(=O)Nc4ccccn4)cn3c2)n1. The quantitative estimate of drug-likeness (QED) is 0.546. The van der Waals surface area contributed by atoms with Crippen LogP contribution in [0.4, 0.5) is 11.6 Å². The number of amides is 1. The van der Waals surface area contributed by atoms with E-state index in [1.165, 1.54) is 0 Å². The zero-order valence-corrected chi connectivity index (χ0v) is 15.6. The Bertz CT molecular complexity index is 1070. The molecule has 0 radical (unpaired) electrons. The van der Waals surface area contributed by atoms with Crippen molar-refractivity contribution in [1.82, 2.24) is 19.4 Å². The van der Waals surface area contributed by atoms with Crippen LogP contribution in [-0.4, -0.2) is 25.3 Å². The average molecular weight is 403 g/mol. The maximum Gasteiger partial charge on any atom is 0.277 e. The van der Waals surface area contributed by atoms with Gasteiger partial charge in [0.05, 0.1) is 5.69 Å². The van der Waals surface area contributed by atoms with Gasteiger partial charge in [0.25, 0.3) is 5.91 Å². The summed E-state index contributed by atoms with van der Waals surface area (Å²) in [6.07, 6.45) is 5.15. The molecule has 0 aromatic carbocycles. The van der Waals surface area contributed by atoms with E-state index in [0.717, 1.165) is 11.3 Å². The maximum absolute atomic E-state index is 12.3. The number of hydrogen-bond donors (Lipinski definition) is 2. The second kappa shape index (κ2) is 8.48. The van der Waals surface area contributed by atoms with Crippen LogP contribution in [0.2, 0.25) is 0 Å². The lowest BCUT2D eigenvalue weighted by molar-refractivity contribution is 0.102. The number of imidazole rings is 1. The van der Waals surface area contributed by atoms with Crippen LogP contribution in [0, 0.1) is 0 Å². The Morgan fingerprint density at radius 2 is 1.81 bits per heavy atom. The third-order valence-corrected chi connectivity index (χ3v) is 3.66. The number of nitrogens with zero attached hydrogens (tertiary/aromatic N) is 4. The molecule has 1 amide bonds. The summed E-state index contributed by atoms with van der Waals surface area (Å²) >= 11 is 0. The molecule has 9 heteroatoms. The van der Waals surface area contributed by atoms with E-state index in [-0.39, 0.29) is 30.7 Å². The number of hydrogen-bond acceptors (Lipinski definition) is 5. The number of carbonyl (C=O) groups excluding carboxylic acids is 1. The fourth-order valence-electron chi connectivity index (χ4n) is 2.48. The third-order valence-electron chi connectivity index (χ3n) is 3.66. The van der Waals surface area contributed by atoms with E-state index in [9.17, 15) is 4.79 Å². The summed E-state index contributed by atoms with van der Waals surface area (Å²) in [5.74, 6) is 0.624. The van der Waals surface area contributed by atoms with Gasteiger partial charge in [-0.05, 0) is 36.4 Å². The van der Waals surface area contributed by atoms with Gasteiger partial charge in [0, 0.05) is 24.2 Å². The number of nitrogen functional groups attached to an aromatic ring is 1. The highest BCUT2D eigenvalue weighted by Gasteiger charge is 2.12. The monoisotopic (exact) mass is 402 g/mol. The molecule has 27 heavy (non-hydrogen) atoms. The summed E-state index contributed by atoms with van der Waals surface area (Å²) in [5, 5.41) is 2.72. The van der Waals surface area contributed by atoms with E-state index in [1.807, 2.05) is 30.5 Å². The van der Waals surface area contributed by atoms with Crippen LogP contribution in [0.1, 0.15) is 10.5 Å². The number of nitrogens with two attached hydrogens (primary N) is 1. The molecule has 3 N–H and O–H groups in total. The Labute approximate surface area is 167 Å². The van der Waals surface area contributed by atoms with Crippen LogP contribution >= 0.6 is 24.8 Å². The predicted molar refractivity (Wildman–Crippen MR) is 110 cm³/mol. The van der Waals surface area contributed by atoms with E-state index in [2.05, 4.69) is 20.3 Å². The van der Waals surface area contributed by atoms with Gasteiger partial charge in [-0.3, -0.25) is 4.79 Å².